The Labute approximate surface area is 77.5 Å². The molecule has 1 rings (SSSR count). The first-order valence-corrected chi connectivity index (χ1v) is 4.25. The Kier molecular flexibility index (Phi) is 3.46. The van der Waals surface area contributed by atoms with Crippen molar-refractivity contribution in [1.82, 2.24) is 0 Å². The van der Waals surface area contributed by atoms with Gasteiger partial charge in [-0.15, -0.1) is 0 Å². The molecule has 0 aliphatic rings. The first kappa shape index (κ1) is 9.74. The van der Waals surface area contributed by atoms with Crippen molar-refractivity contribution in [3.8, 4) is 0 Å². The van der Waals surface area contributed by atoms with Crippen molar-refractivity contribution in [3.63, 3.8) is 0 Å². The van der Waals surface area contributed by atoms with Crippen LogP contribution in [0, 0.1) is 0 Å². The van der Waals surface area contributed by atoms with Crippen molar-refractivity contribution >= 4 is 5.97 Å². The zero-order valence-electron chi connectivity index (χ0n) is 7.57. The summed E-state index contributed by atoms with van der Waals surface area (Å²) >= 11 is 0. The molecule has 1 atom stereocenters. The largest absolute Gasteiger partial charge is 0.373 e. The third kappa shape index (κ3) is 2.29. The van der Waals surface area contributed by atoms with E-state index >= 15 is 0 Å². The van der Waals surface area contributed by atoms with Crippen molar-refractivity contribution in [2.75, 3.05) is 0 Å². The molecular formula is C10H13NO2. The van der Waals surface area contributed by atoms with Crippen molar-refractivity contribution in [1.29, 1.82) is 0 Å². The van der Waals surface area contributed by atoms with Gasteiger partial charge in [-0.2, -0.15) is 5.90 Å². The fourth-order valence-corrected chi connectivity index (χ4v) is 1.31. The van der Waals surface area contributed by atoms with Gasteiger partial charge in [-0.1, -0.05) is 37.3 Å². The summed E-state index contributed by atoms with van der Waals surface area (Å²) in [6.07, 6.45) is 0.694. The summed E-state index contributed by atoms with van der Waals surface area (Å²) in [6.45, 7) is 1.93. The molecule has 2 N–H and O–H groups in total. The molecule has 3 nitrogen and oxygen atoms in total. The molecule has 0 aliphatic heterocycles. The van der Waals surface area contributed by atoms with E-state index in [0.29, 0.717) is 6.42 Å². The molecule has 0 saturated carbocycles. The first-order chi connectivity index (χ1) is 6.29. The van der Waals surface area contributed by atoms with Gasteiger partial charge in [0.15, 0.2) is 0 Å². The van der Waals surface area contributed by atoms with Crippen LogP contribution in [0.15, 0.2) is 30.3 Å². The van der Waals surface area contributed by atoms with E-state index in [4.69, 9.17) is 5.90 Å². The van der Waals surface area contributed by atoms with Crippen LogP contribution in [0.2, 0.25) is 0 Å². The van der Waals surface area contributed by atoms with Crippen LogP contribution in [-0.2, 0) is 9.63 Å². The Morgan fingerprint density at radius 2 is 2.08 bits per heavy atom. The second kappa shape index (κ2) is 4.62. The Balaban J connectivity index is 2.85. The second-order valence-electron chi connectivity index (χ2n) is 2.81. The lowest BCUT2D eigenvalue weighted by molar-refractivity contribution is -0.146. The normalized spacial score (nSPS) is 12.2. The third-order valence-electron chi connectivity index (χ3n) is 2.01. The summed E-state index contributed by atoms with van der Waals surface area (Å²) in [4.78, 5) is 15.4. The minimum atomic E-state index is -0.381. The summed E-state index contributed by atoms with van der Waals surface area (Å²) in [5.74, 6) is 4.21. The predicted molar refractivity (Wildman–Crippen MR) is 49.8 cm³/mol. The minimum absolute atomic E-state index is 0.244. The van der Waals surface area contributed by atoms with Crippen LogP contribution in [0.1, 0.15) is 24.8 Å². The number of carbonyl (C=O) groups excluding carboxylic acids is 1. The van der Waals surface area contributed by atoms with E-state index in [2.05, 4.69) is 4.84 Å². The molecule has 0 aliphatic carbocycles. The Bertz CT molecular complexity index is 272. The number of rotatable bonds is 3. The van der Waals surface area contributed by atoms with Gasteiger partial charge in [-0.05, 0) is 12.0 Å². The lowest BCUT2D eigenvalue weighted by Gasteiger charge is -2.11. The van der Waals surface area contributed by atoms with Crippen molar-refractivity contribution < 1.29 is 9.63 Å². The molecule has 0 unspecified atom stereocenters. The van der Waals surface area contributed by atoms with Crippen molar-refractivity contribution in [2.45, 2.75) is 19.3 Å². The van der Waals surface area contributed by atoms with Gasteiger partial charge in [0.05, 0.1) is 5.92 Å². The highest BCUT2D eigenvalue weighted by atomic mass is 16.7. The topological polar surface area (TPSA) is 52.3 Å². The average Bonchev–Trinajstić information content (AvgIpc) is 2.20. The molecule has 1 aromatic rings. The molecular weight excluding hydrogens is 166 g/mol. The molecule has 3 heteroatoms. The molecule has 0 aromatic heterocycles. The SMILES string of the molecule is CC[C@@H](C(=O)ON)c1ccccc1. The number of benzene rings is 1. The summed E-state index contributed by atoms with van der Waals surface area (Å²) in [5, 5.41) is 0. The van der Waals surface area contributed by atoms with Crippen LogP contribution < -0.4 is 5.90 Å². The number of hydrogen-bond acceptors (Lipinski definition) is 3. The average molecular weight is 179 g/mol. The molecule has 1 aromatic carbocycles. The molecule has 0 saturated heterocycles. The van der Waals surface area contributed by atoms with Crippen LogP contribution in [0.4, 0.5) is 0 Å². The van der Waals surface area contributed by atoms with E-state index in [1.54, 1.807) is 0 Å². The van der Waals surface area contributed by atoms with Gasteiger partial charge in [0.1, 0.15) is 0 Å². The van der Waals surface area contributed by atoms with Gasteiger partial charge in [-0.3, -0.25) is 0 Å². The molecule has 0 fully saturated rings. The zero-order chi connectivity index (χ0) is 9.68. The summed E-state index contributed by atoms with van der Waals surface area (Å²) < 4.78 is 0. The third-order valence-corrected chi connectivity index (χ3v) is 2.01. The van der Waals surface area contributed by atoms with Crippen LogP contribution in [0.5, 0.6) is 0 Å². The van der Waals surface area contributed by atoms with Gasteiger partial charge in [0.25, 0.3) is 0 Å². The van der Waals surface area contributed by atoms with E-state index < -0.39 is 0 Å². The summed E-state index contributed by atoms with van der Waals surface area (Å²) in [6, 6.07) is 9.48. The van der Waals surface area contributed by atoms with Crippen LogP contribution in [0.25, 0.3) is 0 Å². The molecule has 0 radical (unpaired) electrons. The standard InChI is InChI=1S/C10H13NO2/c1-2-9(10(12)13-11)8-6-4-3-5-7-8/h3-7,9H,2,11H2,1H3/t9-/m1/s1. The highest BCUT2D eigenvalue weighted by Crippen LogP contribution is 2.19. The number of hydrogen-bond donors (Lipinski definition) is 1. The Morgan fingerprint density at radius 3 is 2.54 bits per heavy atom. The minimum Gasteiger partial charge on any atom is -0.373 e. The van der Waals surface area contributed by atoms with E-state index in [0.717, 1.165) is 5.56 Å². The van der Waals surface area contributed by atoms with E-state index in [-0.39, 0.29) is 11.9 Å². The lowest BCUT2D eigenvalue weighted by atomic mass is 9.97. The second-order valence-corrected chi connectivity index (χ2v) is 2.81. The van der Waals surface area contributed by atoms with Gasteiger partial charge in [0.2, 0.25) is 0 Å². The highest BCUT2D eigenvalue weighted by Gasteiger charge is 2.18. The monoisotopic (exact) mass is 179 g/mol. The lowest BCUT2D eigenvalue weighted by Crippen LogP contribution is -2.18. The van der Waals surface area contributed by atoms with Crippen LogP contribution in [0.3, 0.4) is 0 Å². The maximum absolute atomic E-state index is 11.2. The van der Waals surface area contributed by atoms with Gasteiger partial charge < -0.3 is 4.84 Å². The summed E-state index contributed by atoms with van der Waals surface area (Å²) in [5.41, 5.74) is 0.945. The highest BCUT2D eigenvalue weighted by molar-refractivity contribution is 5.77. The van der Waals surface area contributed by atoms with E-state index in [1.165, 1.54) is 0 Å². The van der Waals surface area contributed by atoms with Gasteiger partial charge in [-0.25, -0.2) is 4.79 Å². The zero-order valence-corrected chi connectivity index (χ0v) is 7.57. The quantitative estimate of drug-likeness (QED) is 0.717. The first-order valence-electron chi connectivity index (χ1n) is 4.25. The van der Waals surface area contributed by atoms with E-state index in [1.807, 2.05) is 37.3 Å². The Hall–Kier alpha value is -1.35. The molecule has 0 heterocycles. The summed E-state index contributed by atoms with van der Waals surface area (Å²) in [7, 11) is 0. The molecule has 0 spiro atoms. The van der Waals surface area contributed by atoms with Gasteiger partial charge >= 0.3 is 5.97 Å². The van der Waals surface area contributed by atoms with Crippen molar-refractivity contribution in [3.05, 3.63) is 35.9 Å². The molecule has 70 valence electrons. The van der Waals surface area contributed by atoms with Crippen LogP contribution >= 0.6 is 0 Å². The maximum Gasteiger partial charge on any atom is 0.331 e. The number of nitrogens with two attached hydrogens (primary N) is 1. The molecule has 13 heavy (non-hydrogen) atoms. The Morgan fingerprint density at radius 1 is 1.46 bits per heavy atom. The van der Waals surface area contributed by atoms with Gasteiger partial charge in [0, 0.05) is 0 Å². The van der Waals surface area contributed by atoms with Crippen molar-refractivity contribution in [2.24, 2.45) is 5.90 Å². The maximum atomic E-state index is 11.2. The molecule has 0 amide bonds. The smallest absolute Gasteiger partial charge is 0.331 e. The van der Waals surface area contributed by atoms with E-state index in [9.17, 15) is 4.79 Å². The predicted octanol–water partition coefficient (Wildman–Crippen LogP) is 1.60. The molecule has 0 bridgehead atoms. The van der Waals surface area contributed by atoms with Crippen LogP contribution in [-0.4, -0.2) is 5.97 Å². The fraction of sp³-hybridized carbons (Fsp3) is 0.300. The number of carbonyl (C=O) groups is 1. The fourth-order valence-electron chi connectivity index (χ4n) is 1.31.